The Morgan fingerprint density at radius 1 is 1.08 bits per heavy atom. The van der Waals surface area contributed by atoms with Gasteiger partial charge < -0.3 is 9.47 Å². The molecule has 2 aromatic carbocycles. The highest BCUT2D eigenvalue weighted by molar-refractivity contribution is 5.91. The molecule has 0 fully saturated rings. The third-order valence-corrected chi connectivity index (χ3v) is 3.88. The number of aromatic nitrogens is 2. The molecule has 0 saturated heterocycles. The van der Waals surface area contributed by atoms with Crippen LogP contribution < -0.4 is 15.0 Å². The average molecular weight is 322 g/mol. The maximum Gasteiger partial charge on any atom is 0.266 e. The minimum absolute atomic E-state index is 0.147. The van der Waals surface area contributed by atoms with Crippen molar-refractivity contribution in [3.05, 3.63) is 65.2 Å². The average Bonchev–Trinajstić information content (AvgIpc) is 2.61. The number of methoxy groups -OCH3 is 2. The molecule has 3 aromatic rings. The molecule has 3 rings (SSSR count). The molecular weight excluding hydrogens is 304 g/mol. The molecule has 0 aliphatic rings. The van der Waals surface area contributed by atoms with Crippen molar-refractivity contribution in [3.8, 4) is 17.2 Å². The zero-order chi connectivity index (χ0) is 17.3. The Hall–Kier alpha value is -3.08. The van der Waals surface area contributed by atoms with Gasteiger partial charge in [-0.2, -0.15) is 0 Å². The van der Waals surface area contributed by atoms with Gasteiger partial charge in [-0.15, -0.1) is 0 Å². The molecule has 0 saturated carbocycles. The van der Waals surface area contributed by atoms with Crippen molar-refractivity contribution in [1.29, 1.82) is 0 Å². The Morgan fingerprint density at radius 3 is 2.33 bits per heavy atom. The van der Waals surface area contributed by atoms with E-state index >= 15 is 0 Å². The van der Waals surface area contributed by atoms with Gasteiger partial charge in [0.05, 0.1) is 30.8 Å². The van der Waals surface area contributed by atoms with Crippen molar-refractivity contribution >= 4 is 16.5 Å². The lowest BCUT2D eigenvalue weighted by atomic mass is 10.0. The zero-order valence-electron chi connectivity index (χ0n) is 13.9. The Bertz CT molecular complexity index is 972. The number of hydrogen-bond acceptors (Lipinski definition) is 4. The molecule has 122 valence electrons. The van der Waals surface area contributed by atoms with E-state index in [-0.39, 0.29) is 5.56 Å². The molecule has 1 aromatic heterocycles. The molecule has 0 amide bonds. The fraction of sp³-hybridized carbons (Fsp3) is 0.158. The number of hydrogen-bond donors (Lipinski definition) is 0. The fourth-order valence-electron chi connectivity index (χ4n) is 2.60. The molecule has 0 aliphatic heterocycles. The third-order valence-electron chi connectivity index (χ3n) is 3.88. The molecule has 0 unspecified atom stereocenters. The van der Waals surface area contributed by atoms with Gasteiger partial charge in [0.2, 0.25) is 0 Å². The van der Waals surface area contributed by atoms with Crippen molar-refractivity contribution < 1.29 is 9.47 Å². The van der Waals surface area contributed by atoms with Crippen molar-refractivity contribution in [2.24, 2.45) is 0 Å². The largest absolute Gasteiger partial charge is 0.497 e. The number of benzene rings is 2. The summed E-state index contributed by atoms with van der Waals surface area (Å²) in [6.45, 7) is 5.83. The molecule has 24 heavy (non-hydrogen) atoms. The van der Waals surface area contributed by atoms with Gasteiger partial charge in [-0.3, -0.25) is 9.36 Å². The van der Waals surface area contributed by atoms with Crippen LogP contribution >= 0.6 is 0 Å². The summed E-state index contributed by atoms with van der Waals surface area (Å²) in [5.74, 6) is 1.38. The minimum atomic E-state index is -0.147. The summed E-state index contributed by atoms with van der Waals surface area (Å²) >= 11 is 0. The van der Waals surface area contributed by atoms with Gasteiger partial charge in [-0.25, -0.2) is 4.98 Å². The van der Waals surface area contributed by atoms with E-state index in [9.17, 15) is 4.79 Å². The summed E-state index contributed by atoms with van der Waals surface area (Å²) in [5, 5.41) is 0.529. The predicted molar refractivity (Wildman–Crippen MR) is 95.2 cm³/mol. The Morgan fingerprint density at radius 2 is 1.75 bits per heavy atom. The van der Waals surface area contributed by atoms with Gasteiger partial charge in [0, 0.05) is 6.07 Å². The maximum absolute atomic E-state index is 13.0. The Kier molecular flexibility index (Phi) is 4.08. The highest BCUT2D eigenvalue weighted by atomic mass is 16.5. The van der Waals surface area contributed by atoms with E-state index in [1.54, 1.807) is 32.4 Å². The molecule has 0 aliphatic carbocycles. The molecule has 0 N–H and O–H groups in total. The first-order chi connectivity index (χ1) is 11.5. The summed E-state index contributed by atoms with van der Waals surface area (Å²) in [7, 11) is 3.19. The van der Waals surface area contributed by atoms with E-state index in [2.05, 4.69) is 11.6 Å². The minimum Gasteiger partial charge on any atom is -0.497 e. The predicted octanol–water partition coefficient (Wildman–Crippen LogP) is 3.44. The van der Waals surface area contributed by atoms with E-state index in [1.165, 1.54) is 10.9 Å². The lowest BCUT2D eigenvalue weighted by Gasteiger charge is -2.12. The first-order valence-corrected chi connectivity index (χ1v) is 7.45. The molecule has 0 radical (unpaired) electrons. The summed E-state index contributed by atoms with van der Waals surface area (Å²) in [4.78, 5) is 17.4. The Balaban J connectivity index is 2.28. The van der Waals surface area contributed by atoms with Gasteiger partial charge >= 0.3 is 0 Å². The van der Waals surface area contributed by atoms with E-state index in [4.69, 9.17) is 9.47 Å². The van der Waals surface area contributed by atoms with Crippen LogP contribution in [0.25, 0.3) is 22.2 Å². The summed E-state index contributed by atoms with van der Waals surface area (Å²) in [6.07, 6.45) is 1.52. The van der Waals surface area contributed by atoms with Gasteiger partial charge in [0.25, 0.3) is 5.56 Å². The van der Waals surface area contributed by atoms with E-state index in [1.807, 2.05) is 25.1 Å². The van der Waals surface area contributed by atoms with Crippen LogP contribution in [0.2, 0.25) is 0 Å². The van der Waals surface area contributed by atoms with E-state index in [0.717, 1.165) is 22.6 Å². The van der Waals surface area contributed by atoms with Gasteiger partial charge in [-0.1, -0.05) is 12.2 Å². The monoisotopic (exact) mass is 322 g/mol. The summed E-state index contributed by atoms with van der Waals surface area (Å²) < 4.78 is 12.0. The van der Waals surface area contributed by atoms with Crippen LogP contribution in [0, 0.1) is 0 Å². The number of nitrogens with zero attached hydrogens (tertiary/aromatic N) is 2. The zero-order valence-corrected chi connectivity index (χ0v) is 13.9. The maximum atomic E-state index is 13.0. The molecule has 0 spiro atoms. The van der Waals surface area contributed by atoms with Crippen LogP contribution in [0.5, 0.6) is 11.5 Å². The Labute approximate surface area is 139 Å². The van der Waals surface area contributed by atoms with E-state index in [0.29, 0.717) is 16.7 Å². The molecule has 5 nitrogen and oxygen atoms in total. The van der Waals surface area contributed by atoms with Crippen LogP contribution in [-0.2, 0) is 0 Å². The molecular formula is C19H18N2O3. The highest BCUT2D eigenvalue weighted by Gasteiger charge is 2.13. The molecule has 5 heteroatoms. The number of ether oxygens (including phenoxy) is 2. The first-order valence-electron chi connectivity index (χ1n) is 7.45. The van der Waals surface area contributed by atoms with Crippen LogP contribution in [0.3, 0.4) is 0 Å². The van der Waals surface area contributed by atoms with Crippen LogP contribution in [-0.4, -0.2) is 23.8 Å². The van der Waals surface area contributed by atoms with Gasteiger partial charge in [-0.05, 0) is 42.8 Å². The van der Waals surface area contributed by atoms with Crippen LogP contribution in [0.15, 0.2) is 54.1 Å². The van der Waals surface area contributed by atoms with Crippen molar-refractivity contribution in [3.63, 3.8) is 0 Å². The standard InChI is InChI=1S/C19H18N2O3/c1-12(2)16-9-15(24-4)10-17-18(16)19(22)21(11-20-17)13-5-7-14(23-3)8-6-13/h5-11H,1H2,2-4H3. The lowest BCUT2D eigenvalue weighted by Crippen LogP contribution is -2.20. The van der Waals surface area contributed by atoms with Crippen LogP contribution in [0.1, 0.15) is 12.5 Å². The normalized spacial score (nSPS) is 10.6. The number of fused-ring (bicyclic) bond motifs is 1. The smallest absolute Gasteiger partial charge is 0.266 e. The van der Waals surface area contributed by atoms with E-state index < -0.39 is 0 Å². The topological polar surface area (TPSA) is 53.4 Å². The first kappa shape index (κ1) is 15.8. The van der Waals surface area contributed by atoms with Crippen molar-refractivity contribution in [2.75, 3.05) is 14.2 Å². The summed E-state index contributed by atoms with van der Waals surface area (Å²) in [6, 6.07) is 10.8. The highest BCUT2D eigenvalue weighted by Crippen LogP contribution is 2.26. The second kappa shape index (κ2) is 6.20. The third kappa shape index (κ3) is 2.65. The SMILES string of the molecule is C=C(C)c1cc(OC)cc2ncn(-c3ccc(OC)cc3)c(=O)c12. The van der Waals surface area contributed by atoms with Crippen LogP contribution in [0.4, 0.5) is 0 Å². The van der Waals surface area contributed by atoms with Gasteiger partial charge in [0.15, 0.2) is 0 Å². The quantitative estimate of drug-likeness (QED) is 0.738. The summed E-state index contributed by atoms with van der Waals surface area (Å²) in [5.41, 5.74) is 2.68. The van der Waals surface area contributed by atoms with Gasteiger partial charge in [0.1, 0.15) is 17.8 Å². The second-order valence-electron chi connectivity index (χ2n) is 5.47. The van der Waals surface area contributed by atoms with Crippen molar-refractivity contribution in [1.82, 2.24) is 9.55 Å². The number of allylic oxidation sites excluding steroid dienone is 1. The molecule has 0 bridgehead atoms. The molecule has 1 heterocycles. The van der Waals surface area contributed by atoms with Crippen molar-refractivity contribution in [2.45, 2.75) is 6.92 Å². The molecule has 0 atom stereocenters. The second-order valence-corrected chi connectivity index (χ2v) is 5.47. The fourth-order valence-corrected chi connectivity index (χ4v) is 2.60. The number of rotatable bonds is 4. The lowest BCUT2D eigenvalue weighted by molar-refractivity contribution is 0.414.